The van der Waals surface area contributed by atoms with E-state index in [9.17, 15) is 14.9 Å². The summed E-state index contributed by atoms with van der Waals surface area (Å²) >= 11 is 0. The largest absolute Gasteiger partial charge is 0.443 e. The average Bonchev–Trinajstić information content (AvgIpc) is 2.09. The minimum Gasteiger partial charge on any atom is -0.443 e. The summed E-state index contributed by atoms with van der Waals surface area (Å²) < 4.78 is 5.02. The molecule has 0 aliphatic rings. The van der Waals surface area contributed by atoms with Crippen molar-refractivity contribution in [3.05, 3.63) is 10.1 Å². The standard InChI is InChI=1S/C9H17N3O4/c1-7(12(14)15)11(6-10-5)8(13)16-9(2,3)4/h6-7H,1-5H3. The third-order valence-electron chi connectivity index (χ3n) is 1.55. The topological polar surface area (TPSA) is 85.0 Å². The Hall–Kier alpha value is -1.66. The molecule has 0 saturated heterocycles. The van der Waals surface area contributed by atoms with Crippen molar-refractivity contribution in [3.63, 3.8) is 0 Å². The van der Waals surface area contributed by atoms with Crippen LogP contribution < -0.4 is 0 Å². The van der Waals surface area contributed by atoms with Crippen molar-refractivity contribution in [2.24, 2.45) is 4.99 Å². The maximum Gasteiger partial charge on any atom is 0.420 e. The fourth-order valence-corrected chi connectivity index (χ4v) is 0.837. The number of aliphatic imine (C=N–C) groups is 1. The number of nitrogens with zero attached hydrogens (tertiary/aromatic N) is 3. The molecule has 1 atom stereocenters. The zero-order chi connectivity index (χ0) is 12.9. The van der Waals surface area contributed by atoms with Gasteiger partial charge in [-0.1, -0.05) is 0 Å². The monoisotopic (exact) mass is 231 g/mol. The van der Waals surface area contributed by atoms with Crippen LogP contribution in [0, 0.1) is 10.1 Å². The van der Waals surface area contributed by atoms with E-state index in [0.717, 1.165) is 11.2 Å². The van der Waals surface area contributed by atoms with Crippen molar-refractivity contribution < 1.29 is 14.5 Å². The van der Waals surface area contributed by atoms with Crippen LogP contribution in [0.25, 0.3) is 0 Å². The molecule has 0 aromatic carbocycles. The normalized spacial score (nSPS) is 13.6. The molecule has 0 saturated carbocycles. The van der Waals surface area contributed by atoms with Crippen LogP contribution in [0.2, 0.25) is 0 Å². The molecular formula is C9H17N3O4. The highest BCUT2D eigenvalue weighted by Gasteiger charge is 2.30. The van der Waals surface area contributed by atoms with Crippen LogP contribution in [0.5, 0.6) is 0 Å². The van der Waals surface area contributed by atoms with Gasteiger partial charge in [-0.2, -0.15) is 0 Å². The second-order valence-corrected chi connectivity index (χ2v) is 4.18. The Kier molecular flexibility index (Phi) is 4.87. The first-order chi connectivity index (χ1) is 7.19. The van der Waals surface area contributed by atoms with Gasteiger partial charge in [0.1, 0.15) is 11.9 Å². The SMILES string of the molecule is CN=CN(C(=O)OC(C)(C)C)C(C)[N+](=O)[O-]. The minimum absolute atomic E-state index is 0.592. The van der Waals surface area contributed by atoms with E-state index >= 15 is 0 Å². The maximum absolute atomic E-state index is 11.6. The van der Waals surface area contributed by atoms with Crippen molar-refractivity contribution in [2.45, 2.75) is 39.5 Å². The summed E-state index contributed by atoms with van der Waals surface area (Å²) in [4.78, 5) is 26.0. The number of amides is 1. The van der Waals surface area contributed by atoms with Crippen molar-refractivity contribution in [2.75, 3.05) is 7.05 Å². The molecule has 0 heterocycles. The van der Waals surface area contributed by atoms with Gasteiger partial charge in [-0.05, 0) is 20.8 Å². The average molecular weight is 231 g/mol. The zero-order valence-electron chi connectivity index (χ0n) is 10.1. The summed E-state index contributed by atoms with van der Waals surface area (Å²) in [5.74, 6) is 0. The number of carbonyl (C=O) groups is 1. The molecule has 0 N–H and O–H groups in total. The van der Waals surface area contributed by atoms with E-state index in [0.29, 0.717) is 0 Å². The van der Waals surface area contributed by atoms with Gasteiger partial charge < -0.3 is 4.74 Å². The number of hydrogen-bond acceptors (Lipinski definition) is 5. The van der Waals surface area contributed by atoms with E-state index in [2.05, 4.69) is 4.99 Å². The zero-order valence-corrected chi connectivity index (χ0v) is 10.1. The molecule has 1 amide bonds. The van der Waals surface area contributed by atoms with Crippen molar-refractivity contribution >= 4 is 12.4 Å². The first-order valence-corrected chi connectivity index (χ1v) is 4.76. The molecule has 16 heavy (non-hydrogen) atoms. The van der Waals surface area contributed by atoms with E-state index in [-0.39, 0.29) is 0 Å². The predicted molar refractivity (Wildman–Crippen MR) is 58.9 cm³/mol. The van der Waals surface area contributed by atoms with Crippen molar-refractivity contribution in [3.8, 4) is 0 Å². The first-order valence-electron chi connectivity index (χ1n) is 4.76. The maximum atomic E-state index is 11.6. The molecule has 0 aliphatic heterocycles. The van der Waals surface area contributed by atoms with Crippen LogP contribution in [-0.2, 0) is 4.74 Å². The first kappa shape index (κ1) is 14.3. The molecule has 0 fully saturated rings. The highest BCUT2D eigenvalue weighted by molar-refractivity contribution is 5.82. The molecule has 0 aromatic heterocycles. The second-order valence-electron chi connectivity index (χ2n) is 4.18. The van der Waals surface area contributed by atoms with Crippen LogP contribution in [0.15, 0.2) is 4.99 Å². The molecule has 0 radical (unpaired) electrons. The van der Waals surface area contributed by atoms with Gasteiger partial charge in [-0.25, -0.2) is 9.69 Å². The van der Waals surface area contributed by atoms with Crippen molar-refractivity contribution in [1.29, 1.82) is 0 Å². The molecule has 0 aromatic rings. The van der Waals surface area contributed by atoms with Gasteiger partial charge in [-0.15, -0.1) is 0 Å². The summed E-state index contributed by atoms with van der Waals surface area (Å²) in [5.41, 5.74) is -0.701. The van der Waals surface area contributed by atoms with Gasteiger partial charge in [0.15, 0.2) is 0 Å². The quantitative estimate of drug-likeness (QED) is 0.242. The third-order valence-corrected chi connectivity index (χ3v) is 1.55. The van der Waals surface area contributed by atoms with Crippen LogP contribution in [0.4, 0.5) is 4.79 Å². The van der Waals surface area contributed by atoms with Gasteiger partial charge in [0, 0.05) is 18.9 Å². The molecule has 0 rings (SSSR count). The number of hydrogen-bond donors (Lipinski definition) is 0. The Bertz CT molecular complexity index is 296. The lowest BCUT2D eigenvalue weighted by molar-refractivity contribution is -0.536. The van der Waals surface area contributed by atoms with Crippen LogP contribution in [-0.4, -0.2) is 41.1 Å². The van der Waals surface area contributed by atoms with E-state index in [4.69, 9.17) is 4.74 Å². The lowest BCUT2D eigenvalue weighted by atomic mass is 10.2. The number of rotatable bonds is 3. The third kappa shape index (κ3) is 4.72. The molecule has 7 nitrogen and oxygen atoms in total. The second kappa shape index (κ2) is 5.43. The highest BCUT2D eigenvalue weighted by atomic mass is 16.6. The minimum atomic E-state index is -1.21. The smallest absolute Gasteiger partial charge is 0.420 e. The molecule has 7 heteroatoms. The lowest BCUT2D eigenvalue weighted by Crippen LogP contribution is -2.44. The number of carbonyl (C=O) groups excluding carboxylic acids is 1. The summed E-state index contributed by atoms with van der Waals surface area (Å²) in [7, 11) is 1.42. The fraction of sp³-hybridized carbons (Fsp3) is 0.778. The van der Waals surface area contributed by atoms with Gasteiger partial charge in [0.05, 0.1) is 0 Å². The molecular weight excluding hydrogens is 214 g/mol. The molecule has 92 valence electrons. The van der Waals surface area contributed by atoms with Crippen LogP contribution in [0.3, 0.4) is 0 Å². The van der Waals surface area contributed by atoms with E-state index in [1.54, 1.807) is 20.8 Å². The van der Waals surface area contributed by atoms with Crippen LogP contribution in [0.1, 0.15) is 27.7 Å². The van der Waals surface area contributed by atoms with Gasteiger partial charge in [0.2, 0.25) is 0 Å². The number of ether oxygens (including phenoxy) is 1. The summed E-state index contributed by atoms with van der Waals surface area (Å²) in [6.07, 6.45) is -0.914. The summed E-state index contributed by atoms with van der Waals surface area (Å²) in [6.45, 7) is 6.33. The fourth-order valence-electron chi connectivity index (χ4n) is 0.837. The van der Waals surface area contributed by atoms with E-state index in [1.807, 2.05) is 0 Å². The van der Waals surface area contributed by atoms with E-state index < -0.39 is 22.8 Å². The molecule has 0 aliphatic carbocycles. The van der Waals surface area contributed by atoms with Gasteiger partial charge >= 0.3 is 6.09 Å². The Labute approximate surface area is 94.2 Å². The predicted octanol–water partition coefficient (Wildman–Crippen LogP) is 1.50. The summed E-state index contributed by atoms with van der Waals surface area (Å²) in [5, 5.41) is 10.6. The van der Waals surface area contributed by atoms with Gasteiger partial charge in [0.25, 0.3) is 6.17 Å². The summed E-state index contributed by atoms with van der Waals surface area (Å²) in [6, 6.07) is 0. The Morgan fingerprint density at radius 1 is 1.56 bits per heavy atom. The van der Waals surface area contributed by atoms with Crippen LogP contribution >= 0.6 is 0 Å². The molecule has 1 unspecified atom stereocenters. The lowest BCUT2D eigenvalue weighted by Gasteiger charge is -2.24. The molecule has 0 spiro atoms. The van der Waals surface area contributed by atoms with Crippen molar-refractivity contribution in [1.82, 2.24) is 4.90 Å². The molecule has 0 bridgehead atoms. The van der Waals surface area contributed by atoms with Gasteiger partial charge in [-0.3, -0.25) is 15.1 Å². The Morgan fingerprint density at radius 2 is 2.06 bits per heavy atom. The Balaban J connectivity index is 4.79. The van der Waals surface area contributed by atoms with E-state index in [1.165, 1.54) is 14.0 Å². The number of nitro groups is 1. The Morgan fingerprint density at radius 3 is 2.38 bits per heavy atom. The highest BCUT2D eigenvalue weighted by Crippen LogP contribution is 2.11.